The minimum absolute atomic E-state index is 0.0406. The number of aromatic amines is 1. The summed E-state index contributed by atoms with van der Waals surface area (Å²) >= 11 is 3.67. The van der Waals surface area contributed by atoms with Crippen molar-refractivity contribution in [3.8, 4) is 17.1 Å². The van der Waals surface area contributed by atoms with Gasteiger partial charge in [-0.3, -0.25) is 9.69 Å². The number of nitrogens with one attached hydrogen (secondary N) is 3. The Labute approximate surface area is 277 Å². The zero-order chi connectivity index (χ0) is 32.6. The molecule has 5 heterocycles. The third-order valence-corrected chi connectivity index (χ3v) is 8.81. The van der Waals surface area contributed by atoms with Crippen LogP contribution in [0.25, 0.3) is 28.2 Å². The van der Waals surface area contributed by atoms with E-state index in [4.69, 9.17) is 14.5 Å². The fourth-order valence-electron chi connectivity index (χ4n) is 6.06. The Balaban J connectivity index is 1.21. The van der Waals surface area contributed by atoms with E-state index in [0.717, 1.165) is 63.5 Å². The van der Waals surface area contributed by atoms with Gasteiger partial charge in [0.1, 0.15) is 16.9 Å². The third-order valence-electron chi connectivity index (χ3n) is 8.21. The number of aromatic nitrogens is 4. The number of imidazole rings is 1. The number of likely N-dealkylation sites (tertiary alicyclic amines) is 1. The number of benzene rings is 1. The Morgan fingerprint density at radius 3 is 2.70 bits per heavy atom. The van der Waals surface area contributed by atoms with Crippen LogP contribution in [0.5, 0.6) is 0 Å². The summed E-state index contributed by atoms with van der Waals surface area (Å²) in [5.41, 5.74) is 6.39. The lowest BCUT2D eigenvalue weighted by Crippen LogP contribution is -2.41. The number of hydrogen-bond acceptors (Lipinski definition) is 8. The molecule has 0 saturated carbocycles. The van der Waals surface area contributed by atoms with Crippen LogP contribution in [0.2, 0.25) is 0 Å². The molecular weight excluding hydrogens is 652 g/mol. The largest absolute Gasteiger partial charge is 0.444 e. The fourth-order valence-corrected chi connectivity index (χ4v) is 6.48. The van der Waals surface area contributed by atoms with E-state index in [0.29, 0.717) is 44.3 Å². The highest BCUT2D eigenvalue weighted by Crippen LogP contribution is 2.35. The fraction of sp³-hybridized carbons (Fsp3) is 0.455. The lowest BCUT2D eigenvalue weighted by Gasteiger charge is -2.25. The maximum Gasteiger partial charge on any atom is 0.410 e. The van der Waals surface area contributed by atoms with Crippen LogP contribution in [0.4, 0.5) is 16.2 Å². The number of aryl methyl sites for hydroxylation is 1. The molecule has 2 amide bonds. The van der Waals surface area contributed by atoms with Crippen molar-refractivity contribution in [2.45, 2.75) is 52.7 Å². The van der Waals surface area contributed by atoms with E-state index in [1.807, 2.05) is 45.0 Å². The van der Waals surface area contributed by atoms with Gasteiger partial charge >= 0.3 is 6.09 Å². The molecule has 13 heteroatoms. The van der Waals surface area contributed by atoms with E-state index in [1.54, 1.807) is 11.1 Å². The highest BCUT2D eigenvalue weighted by Gasteiger charge is 2.31. The monoisotopic (exact) mass is 692 g/mol. The number of rotatable bonds is 7. The number of pyridine rings is 1. The Hall–Kier alpha value is -3.94. The van der Waals surface area contributed by atoms with Crippen molar-refractivity contribution in [1.29, 1.82) is 0 Å². The van der Waals surface area contributed by atoms with Crippen LogP contribution < -0.4 is 10.6 Å². The van der Waals surface area contributed by atoms with Gasteiger partial charge in [0.05, 0.1) is 29.9 Å². The minimum atomic E-state index is -0.535. The number of morpholine rings is 1. The molecule has 2 saturated heterocycles. The number of halogens is 1. The normalized spacial score (nSPS) is 17.4. The predicted molar refractivity (Wildman–Crippen MR) is 182 cm³/mol. The first-order valence-electron chi connectivity index (χ1n) is 15.6. The summed E-state index contributed by atoms with van der Waals surface area (Å²) < 4.78 is 13.9. The first-order chi connectivity index (χ1) is 21.9. The molecule has 0 radical (unpaired) electrons. The average Bonchev–Trinajstić information content (AvgIpc) is 3.71. The Bertz CT molecular complexity index is 1750. The zero-order valence-corrected chi connectivity index (χ0v) is 28.5. The first kappa shape index (κ1) is 32.0. The number of H-pyrrole nitrogens is 1. The number of anilines is 2. The molecule has 0 spiro atoms. The quantitative estimate of drug-likeness (QED) is 0.232. The molecule has 0 aliphatic carbocycles. The Kier molecular flexibility index (Phi) is 9.08. The molecular formula is C33H41BrN8O4. The van der Waals surface area contributed by atoms with Crippen molar-refractivity contribution >= 4 is 50.5 Å². The molecule has 244 valence electrons. The predicted octanol–water partition coefficient (Wildman–Crippen LogP) is 5.49. The van der Waals surface area contributed by atoms with Gasteiger partial charge < -0.3 is 34.6 Å². The van der Waals surface area contributed by atoms with Gasteiger partial charge in [-0.2, -0.15) is 0 Å². The van der Waals surface area contributed by atoms with Gasteiger partial charge in [-0.05, 0) is 81.2 Å². The van der Waals surface area contributed by atoms with Crippen LogP contribution in [-0.2, 0) is 14.3 Å². The van der Waals surface area contributed by atoms with Gasteiger partial charge in [-0.25, -0.2) is 14.8 Å². The molecule has 0 bridgehead atoms. The van der Waals surface area contributed by atoms with Crippen molar-refractivity contribution in [3.63, 3.8) is 0 Å². The van der Waals surface area contributed by atoms with Gasteiger partial charge in [0.2, 0.25) is 5.91 Å². The van der Waals surface area contributed by atoms with Crippen LogP contribution in [0.3, 0.4) is 0 Å². The highest BCUT2D eigenvalue weighted by atomic mass is 79.9. The lowest BCUT2D eigenvalue weighted by molar-refractivity contribution is -0.118. The SMILES string of the molecule is Cc1cc(-c2nc3ncc(Br)c(N[C@H]4CCN(C(=O)OC(C)(C)C)C4)c3[nH]2)c(C)n1-c1cccc(NC(=O)CN2CCOCC2)c1. The molecule has 1 aromatic carbocycles. The number of fused-ring (bicyclic) bond motifs is 1. The number of nitrogens with zero attached hydrogens (tertiary/aromatic N) is 5. The van der Waals surface area contributed by atoms with Crippen molar-refractivity contribution in [2.75, 3.05) is 56.6 Å². The van der Waals surface area contributed by atoms with Crippen LogP contribution in [0.15, 0.2) is 41.0 Å². The van der Waals surface area contributed by atoms with Crippen molar-refractivity contribution in [3.05, 3.63) is 52.4 Å². The molecule has 3 N–H and O–H groups in total. The average molecular weight is 694 g/mol. The Morgan fingerprint density at radius 2 is 1.93 bits per heavy atom. The molecule has 0 unspecified atom stereocenters. The summed E-state index contributed by atoms with van der Waals surface area (Å²) in [5, 5.41) is 6.67. The second-order valence-electron chi connectivity index (χ2n) is 12.9. The van der Waals surface area contributed by atoms with Gasteiger partial charge in [-0.15, -0.1) is 0 Å². The van der Waals surface area contributed by atoms with E-state index in [9.17, 15) is 9.59 Å². The number of carbonyl (C=O) groups is 2. The summed E-state index contributed by atoms with van der Waals surface area (Å²) in [7, 11) is 0. The molecule has 4 aromatic rings. The molecule has 6 rings (SSSR count). The standard InChI is InChI=1S/C33H41BrN8O4/c1-20-15-25(21(2)42(20)24-8-6-7-22(16-24)36-27(43)19-40-11-13-45-14-12-40)30-38-29-28(26(34)17-35-31(29)39-30)37-23-9-10-41(18-23)32(44)46-33(3,4)5/h6-8,15-17,23H,9-14,18-19H2,1-5H3,(H,36,43)(H2,35,37,38,39)/t23-/m0/s1. The van der Waals surface area contributed by atoms with E-state index in [1.165, 1.54) is 0 Å². The summed E-state index contributed by atoms with van der Waals surface area (Å²) in [4.78, 5) is 42.2. The topological polar surface area (TPSA) is 130 Å². The van der Waals surface area contributed by atoms with Crippen molar-refractivity contribution in [1.82, 2.24) is 29.3 Å². The summed E-state index contributed by atoms with van der Waals surface area (Å²) in [5.74, 6) is 0.668. The molecule has 2 fully saturated rings. The Morgan fingerprint density at radius 1 is 1.15 bits per heavy atom. The smallest absolute Gasteiger partial charge is 0.410 e. The number of carbonyl (C=O) groups excluding carboxylic acids is 2. The molecule has 2 aliphatic rings. The van der Waals surface area contributed by atoms with Crippen molar-refractivity contribution < 1.29 is 19.1 Å². The number of hydrogen-bond donors (Lipinski definition) is 3. The number of ether oxygens (including phenoxy) is 2. The van der Waals surface area contributed by atoms with E-state index >= 15 is 0 Å². The second kappa shape index (κ2) is 13.0. The maximum atomic E-state index is 12.7. The van der Waals surface area contributed by atoms with E-state index in [2.05, 4.69) is 65.9 Å². The van der Waals surface area contributed by atoms with Crippen LogP contribution in [0, 0.1) is 13.8 Å². The van der Waals surface area contributed by atoms with E-state index in [-0.39, 0.29) is 18.0 Å². The minimum Gasteiger partial charge on any atom is -0.444 e. The van der Waals surface area contributed by atoms with Gasteiger partial charge in [-0.1, -0.05) is 6.07 Å². The summed E-state index contributed by atoms with van der Waals surface area (Å²) in [6, 6.07) is 10.0. The zero-order valence-electron chi connectivity index (χ0n) is 26.9. The second-order valence-corrected chi connectivity index (χ2v) is 13.8. The summed E-state index contributed by atoms with van der Waals surface area (Å²) in [6.07, 6.45) is 2.25. The molecule has 12 nitrogen and oxygen atoms in total. The highest BCUT2D eigenvalue weighted by molar-refractivity contribution is 9.10. The van der Waals surface area contributed by atoms with Crippen molar-refractivity contribution in [2.24, 2.45) is 0 Å². The molecule has 3 aromatic heterocycles. The van der Waals surface area contributed by atoms with Gasteiger partial charge in [0, 0.05) is 66.7 Å². The first-order valence-corrected chi connectivity index (χ1v) is 16.4. The molecule has 2 aliphatic heterocycles. The van der Waals surface area contributed by atoms with Gasteiger partial charge in [0.15, 0.2) is 5.65 Å². The van der Waals surface area contributed by atoms with Crippen LogP contribution in [-0.4, -0.2) is 98.9 Å². The maximum absolute atomic E-state index is 12.7. The van der Waals surface area contributed by atoms with Crippen LogP contribution >= 0.6 is 15.9 Å². The molecule has 1 atom stereocenters. The lowest BCUT2D eigenvalue weighted by atomic mass is 10.2. The van der Waals surface area contributed by atoms with Crippen LogP contribution in [0.1, 0.15) is 38.6 Å². The van der Waals surface area contributed by atoms with Gasteiger partial charge in [0.25, 0.3) is 0 Å². The summed E-state index contributed by atoms with van der Waals surface area (Å²) in [6.45, 7) is 14.1. The van der Waals surface area contributed by atoms with E-state index < -0.39 is 5.60 Å². The third kappa shape index (κ3) is 7.06. The number of amides is 2. The molecule has 46 heavy (non-hydrogen) atoms.